The van der Waals surface area contributed by atoms with Crippen LogP contribution >= 0.6 is 45.8 Å². The highest BCUT2D eigenvalue weighted by Crippen LogP contribution is 2.36. The fourth-order valence-corrected chi connectivity index (χ4v) is 2.63. The minimum atomic E-state index is -4.42. The standard InChI is InChI=1S/C12H5Cl2F3IN/c13-8-3-1-2-6(11(8)14)10-4-9(18)7(5-19-10)12(15,16)17/h1-5H. The molecule has 0 radical (unpaired) electrons. The van der Waals surface area contributed by atoms with Gasteiger partial charge >= 0.3 is 6.18 Å². The Morgan fingerprint density at radius 1 is 1.16 bits per heavy atom. The van der Waals surface area contributed by atoms with Crippen LogP contribution in [0.25, 0.3) is 11.3 Å². The molecular weight excluding hydrogens is 413 g/mol. The molecular formula is C12H5Cl2F3IN. The van der Waals surface area contributed by atoms with E-state index in [4.69, 9.17) is 23.2 Å². The fourth-order valence-electron chi connectivity index (χ4n) is 1.49. The van der Waals surface area contributed by atoms with Crippen molar-refractivity contribution in [2.45, 2.75) is 6.18 Å². The highest BCUT2D eigenvalue weighted by molar-refractivity contribution is 14.1. The average Bonchev–Trinajstić information content (AvgIpc) is 2.31. The van der Waals surface area contributed by atoms with Crippen molar-refractivity contribution < 1.29 is 13.2 Å². The molecule has 0 spiro atoms. The van der Waals surface area contributed by atoms with Crippen LogP contribution in [0, 0.1) is 3.57 Å². The van der Waals surface area contributed by atoms with Crippen LogP contribution < -0.4 is 0 Å². The molecule has 0 amide bonds. The lowest BCUT2D eigenvalue weighted by atomic mass is 10.1. The molecule has 0 saturated heterocycles. The minimum absolute atomic E-state index is 0.0612. The summed E-state index contributed by atoms with van der Waals surface area (Å²) >= 11 is 13.5. The Hall–Kier alpha value is -0.530. The Morgan fingerprint density at radius 2 is 1.84 bits per heavy atom. The van der Waals surface area contributed by atoms with E-state index >= 15 is 0 Å². The molecule has 0 aliphatic heterocycles. The first kappa shape index (κ1) is 14.9. The quantitative estimate of drug-likeness (QED) is 0.544. The Labute approximate surface area is 130 Å². The number of rotatable bonds is 1. The van der Waals surface area contributed by atoms with Gasteiger partial charge in [-0.15, -0.1) is 0 Å². The van der Waals surface area contributed by atoms with Crippen molar-refractivity contribution in [2.24, 2.45) is 0 Å². The molecule has 1 heterocycles. The minimum Gasteiger partial charge on any atom is -0.256 e. The number of hydrogen-bond donors (Lipinski definition) is 0. The molecule has 0 fully saturated rings. The van der Waals surface area contributed by atoms with E-state index in [0.717, 1.165) is 6.20 Å². The van der Waals surface area contributed by atoms with Crippen molar-refractivity contribution in [3.63, 3.8) is 0 Å². The number of aromatic nitrogens is 1. The maximum absolute atomic E-state index is 12.6. The van der Waals surface area contributed by atoms with Gasteiger partial charge in [0, 0.05) is 15.3 Å². The van der Waals surface area contributed by atoms with Crippen molar-refractivity contribution in [1.29, 1.82) is 0 Å². The molecule has 0 saturated carbocycles. The van der Waals surface area contributed by atoms with E-state index in [1.54, 1.807) is 40.8 Å². The highest BCUT2D eigenvalue weighted by Gasteiger charge is 2.33. The molecule has 1 nitrogen and oxygen atoms in total. The lowest BCUT2D eigenvalue weighted by Gasteiger charge is -2.11. The van der Waals surface area contributed by atoms with Crippen molar-refractivity contribution >= 4 is 45.8 Å². The molecule has 2 aromatic rings. The lowest BCUT2D eigenvalue weighted by Crippen LogP contribution is -2.08. The van der Waals surface area contributed by atoms with E-state index in [9.17, 15) is 13.2 Å². The smallest absolute Gasteiger partial charge is 0.256 e. The number of nitrogens with zero attached hydrogens (tertiary/aromatic N) is 1. The van der Waals surface area contributed by atoms with Crippen LogP contribution in [0.3, 0.4) is 0 Å². The molecule has 0 N–H and O–H groups in total. The van der Waals surface area contributed by atoms with E-state index < -0.39 is 11.7 Å². The van der Waals surface area contributed by atoms with Gasteiger partial charge in [0.25, 0.3) is 0 Å². The van der Waals surface area contributed by atoms with Gasteiger partial charge in [-0.25, -0.2) is 0 Å². The molecule has 7 heteroatoms. The normalized spacial score (nSPS) is 11.7. The van der Waals surface area contributed by atoms with Crippen LogP contribution in [0.15, 0.2) is 30.5 Å². The predicted octanol–water partition coefficient (Wildman–Crippen LogP) is 5.68. The van der Waals surface area contributed by atoms with E-state index in [2.05, 4.69) is 4.98 Å². The van der Waals surface area contributed by atoms with Gasteiger partial charge in [-0.2, -0.15) is 13.2 Å². The number of halogens is 6. The van der Waals surface area contributed by atoms with E-state index in [1.807, 2.05) is 0 Å². The fraction of sp³-hybridized carbons (Fsp3) is 0.0833. The van der Waals surface area contributed by atoms with Gasteiger partial charge in [-0.05, 0) is 34.7 Å². The summed E-state index contributed by atoms with van der Waals surface area (Å²) in [6.07, 6.45) is -3.62. The largest absolute Gasteiger partial charge is 0.418 e. The van der Waals surface area contributed by atoms with Gasteiger partial charge in [0.05, 0.1) is 21.3 Å². The summed E-state index contributed by atoms with van der Waals surface area (Å²) in [5, 5.41) is 0.600. The first-order valence-electron chi connectivity index (χ1n) is 4.98. The Morgan fingerprint density at radius 3 is 2.42 bits per heavy atom. The first-order valence-corrected chi connectivity index (χ1v) is 6.81. The molecule has 1 aromatic heterocycles. The molecule has 2 rings (SSSR count). The van der Waals surface area contributed by atoms with Gasteiger partial charge in [-0.3, -0.25) is 4.98 Å². The first-order chi connectivity index (χ1) is 8.80. The van der Waals surface area contributed by atoms with Crippen LogP contribution in [0.5, 0.6) is 0 Å². The number of alkyl halides is 3. The summed E-state index contributed by atoms with van der Waals surface area (Å²) in [4.78, 5) is 3.81. The SMILES string of the molecule is FC(F)(F)c1cnc(-c2cccc(Cl)c2Cl)cc1I. The summed E-state index contributed by atoms with van der Waals surface area (Å²) < 4.78 is 38.0. The van der Waals surface area contributed by atoms with Crippen LogP contribution in [0.1, 0.15) is 5.56 Å². The molecule has 100 valence electrons. The van der Waals surface area contributed by atoms with Gasteiger partial charge in [0.2, 0.25) is 0 Å². The monoisotopic (exact) mass is 417 g/mol. The van der Waals surface area contributed by atoms with Gasteiger partial charge in [-0.1, -0.05) is 35.3 Å². The van der Waals surface area contributed by atoms with Crippen molar-refractivity contribution in [2.75, 3.05) is 0 Å². The maximum atomic E-state index is 12.6. The van der Waals surface area contributed by atoms with Crippen LogP contribution in [-0.2, 0) is 6.18 Å². The molecule has 0 aliphatic rings. The lowest BCUT2D eigenvalue weighted by molar-refractivity contribution is -0.138. The topological polar surface area (TPSA) is 12.9 Å². The molecule has 0 atom stereocenters. The summed E-state index contributed by atoms with van der Waals surface area (Å²) in [6.45, 7) is 0. The second-order valence-corrected chi connectivity index (χ2v) is 5.60. The third-order valence-electron chi connectivity index (χ3n) is 2.39. The molecule has 1 aromatic carbocycles. The van der Waals surface area contributed by atoms with E-state index in [-0.39, 0.29) is 8.59 Å². The maximum Gasteiger partial charge on any atom is 0.418 e. The Balaban J connectivity index is 2.54. The molecule has 0 aliphatic carbocycles. The third kappa shape index (κ3) is 3.14. The molecule has 0 unspecified atom stereocenters. The summed E-state index contributed by atoms with van der Waals surface area (Å²) in [5.74, 6) is 0. The second kappa shape index (κ2) is 5.46. The van der Waals surface area contributed by atoms with Crippen LogP contribution in [0.4, 0.5) is 13.2 Å². The van der Waals surface area contributed by atoms with Gasteiger partial charge in [0.15, 0.2) is 0 Å². The number of hydrogen-bond acceptors (Lipinski definition) is 1. The predicted molar refractivity (Wildman–Crippen MR) is 77.4 cm³/mol. The van der Waals surface area contributed by atoms with Gasteiger partial charge in [0.1, 0.15) is 0 Å². The van der Waals surface area contributed by atoms with Crippen molar-refractivity contribution in [3.05, 3.63) is 49.6 Å². The third-order valence-corrected chi connectivity index (χ3v) is 4.10. The highest BCUT2D eigenvalue weighted by atomic mass is 127. The number of pyridine rings is 1. The average molecular weight is 418 g/mol. The zero-order valence-corrected chi connectivity index (χ0v) is 12.8. The number of benzene rings is 1. The van der Waals surface area contributed by atoms with E-state index in [1.165, 1.54) is 6.07 Å². The van der Waals surface area contributed by atoms with Gasteiger partial charge < -0.3 is 0 Å². The summed E-state index contributed by atoms with van der Waals surface area (Å²) in [7, 11) is 0. The molecule has 19 heavy (non-hydrogen) atoms. The van der Waals surface area contributed by atoms with Crippen LogP contribution in [-0.4, -0.2) is 4.98 Å². The Bertz CT molecular complexity index is 629. The van der Waals surface area contributed by atoms with Crippen molar-refractivity contribution in [3.8, 4) is 11.3 Å². The zero-order chi connectivity index (χ0) is 14.2. The summed E-state index contributed by atoms with van der Waals surface area (Å²) in [5.41, 5.74) is 0.0840. The Kier molecular flexibility index (Phi) is 4.27. The molecule has 0 bridgehead atoms. The van der Waals surface area contributed by atoms with Crippen molar-refractivity contribution in [1.82, 2.24) is 4.98 Å². The van der Waals surface area contributed by atoms with Crippen LogP contribution in [0.2, 0.25) is 10.0 Å². The van der Waals surface area contributed by atoms with E-state index in [0.29, 0.717) is 16.3 Å². The second-order valence-electron chi connectivity index (χ2n) is 3.65. The summed E-state index contributed by atoms with van der Waals surface area (Å²) in [6, 6.07) is 6.25. The zero-order valence-electron chi connectivity index (χ0n) is 9.10.